The third-order valence-electron chi connectivity index (χ3n) is 2.40. The summed E-state index contributed by atoms with van der Waals surface area (Å²) in [5.74, 6) is -1.35. The summed E-state index contributed by atoms with van der Waals surface area (Å²) in [5.41, 5.74) is 1.07. The molecule has 1 aromatic carbocycles. The monoisotopic (exact) mass is 266 g/mol. The molecule has 1 aromatic heterocycles. The number of nitrogens with zero attached hydrogens (tertiary/aromatic N) is 2. The molecular formula is C12H11FN2O2S. The number of aromatic nitrogens is 1. The van der Waals surface area contributed by atoms with Gasteiger partial charge in [-0.3, -0.25) is 0 Å². The molecule has 0 bridgehead atoms. The molecule has 4 nitrogen and oxygen atoms in total. The molecule has 0 saturated heterocycles. The maximum atomic E-state index is 13.5. The summed E-state index contributed by atoms with van der Waals surface area (Å²) in [6.45, 7) is 0.366. The Kier molecular flexibility index (Phi) is 3.57. The van der Waals surface area contributed by atoms with Crippen LogP contribution in [0.1, 0.15) is 15.5 Å². The smallest absolute Gasteiger partial charge is 0.365 e. The van der Waals surface area contributed by atoms with Crippen molar-refractivity contribution >= 4 is 23.0 Å². The quantitative estimate of drug-likeness (QED) is 0.924. The number of para-hydroxylation sites is 1. The minimum absolute atomic E-state index is 0.0481. The minimum Gasteiger partial charge on any atom is -0.476 e. The molecule has 94 valence electrons. The molecule has 0 radical (unpaired) electrons. The summed E-state index contributed by atoms with van der Waals surface area (Å²) >= 11 is 1.07. The predicted molar refractivity (Wildman–Crippen MR) is 67.6 cm³/mol. The number of halogens is 1. The van der Waals surface area contributed by atoms with Gasteiger partial charge in [-0.15, -0.1) is 11.3 Å². The fraction of sp³-hybridized carbons (Fsp3) is 0.167. The summed E-state index contributed by atoms with van der Waals surface area (Å²) < 4.78 is 13.5. The molecule has 2 aromatic rings. The van der Waals surface area contributed by atoms with E-state index in [0.29, 0.717) is 17.9 Å². The molecule has 0 aliphatic heterocycles. The Balaban J connectivity index is 2.13. The molecule has 0 saturated carbocycles. The molecule has 18 heavy (non-hydrogen) atoms. The number of carboxylic acid groups (broad SMARTS) is 1. The van der Waals surface area contributed by atoms with E-state index >= 15 is 0 Å². The number of hydrogen-bond donors (Lipinski definition) is 1. The first kappa shape index (κ1) is 12.5. The van der Waals surface area contributed by atoms with E-state index in [-0.39, 0.29) is 10.8 Å². The highest BCUT2D eigenvalue weighted by Crippen LogP contribution is 2.20. The first-order valence-corrected chi connectivity index (χ1v) is 6.09. The first-order valence-electron chi connectivity index (χ1n) is 5.21. The zero-order chi connectivity index (χ0) is 13.1. The molecule has 6 heteroatoms. The summed E-state index contributed by atoms with van der Waals surface area (Å²) in [6.07, 6.45) is 0. The van der Waals surface area contributed by atoms with Gasteiger partial charge in [-0.2, -0.15) is 0 Å². The van der Waals surface area contributed by atoms with E-state index in [2.05, 4.69) is 4.98 Å². The Bertz CT molecular complexity index is 571. The summed E-state index contributed by atoms with van der Waals surface area (Å²) in [7, 11) is 1.73. The van der Waals surface area contributed by atoms with Gasteiger partial charge in [0, 0.05) is 12.4 Å². The van der Waals surface area contributed by atoms with Crippen molar-refractivity contribution in [2.45, 2.75) is 6.54 Å². The molecular weight excluding hydrogens is 255 g/mol. The average Bonchev–Trinajstić information content (AvgIpc) is 2.78. The van der Waals surface area contributed by atoms with E-state index in [0.717, 1.165) is 11.3 Å². The molecule has 0 unspecified atom stereocenters. The first-order chi connectivity index (χ1) is 8.58. The zero-order valence-electron chi connectivity index (χ0n) is 9.63. The van der Waals surface area contributed by atoms with Gasteiger partial charge in [0.2, 0.25) is 5.01 Å². The van der Waals surface area contributed by atoms with Crippen LogP contribution in [0.15, 0.2) is 29.6 Å². The van der Waals surface area contributed by atoms with E-state index in [9.17, 15) is 9.18 Å². The zero-order valence-corrected chi connectivity index (χ0v) is 10.4. The fourth-order valence-electron chi connectivity index (χ4n) is 1.57. The van der Waals surface area contributed by atoms with Gasteiger partial charge in [-0.25, -0.2) is 14.2 Å². The van der Waals surface area contributed by atoms with Crippen LogP contribution in [0.4, 0.5) is 10.1 Å². The summed E-state index contributed by atoms with van der Waals surface area (Å²) in [5, 5.41) is 10.5. The second-order valence-corrected chi connectivity index (χ2v) is 4.61. The number of carbonyl (C=O) groups is 1. The highest BCUT2D eigenvalue weighted by molar-refractivity contribution is 7.11. The summed E-state index contributed by atoms with van der Waals surface area (Å²) in [6, 6.07) is 6.42. The van der Waals surface area contributed by atoms with Gasteiger partial charge in [-0.1, -0.05) is 12.1 Å². The normalized spacial score (nSPS) is 10.3. The number of aromatic carboxylic acids is 1. The van der Waals surface area contributed by atoms with Gasteiger partial charge < -0.3 is 10.0 Å². The Morgan fingerprint density at radius 1 is 1.50 bits per heavy atom. The number of rotatable bonds is 4. The van der Waals surface area contributed by atoms with Crippen LogP contribution in [0.25, 0.3) is 0 Å². The lowest BCUT2D eigenvalue weighted by Gasteiger charge is -2.18. The third kappa shape index (κ3) is 2.65. The van der Waals surface area contributed by atoms with Crippen LogP contribution < -0.4 is 4.90 Å². The number of anilines is 1. The van der Waals surface area contributed by atoms with Crippen LogP contribution in [0.2, 0.25) is 0 Å². The van der Waals surface area contributed by atoms with Crippen molar-refractivity contribution in [3.63, 3.8) is 0 Å². The van der Waals surface area contributed by atoms with Crippen LogP contribution in [0.3, 0.4) is 0 Å². The number of benzene rings is 1. The Morgan fingerprint density at radius 2 is 2.22 bits per heavy atom. The van der Waals surface area contributed by atoms with Crippen molar-refractivity contribution in [2.24, 2.45) is 0 Å². The standard InChI is InChI=1S/C12H11FN2O2S/c1-15(10-5-3-2-4-9(10)13)6-8-7-18-11(14-8)12(16)17/h2-5,7H,6H2,1H3,(H,16,17). The maximum absolute atomic E-state index is 13.5. The Morgan fingerprint density at radius 3 is 2.83 bits per heavy atom. The lowest BCUT2D eigenvalue weighted by Crippen LogP contribution is -2.18. The van der Waals surface area contributed by atoms with Gasteiger partial charge >= 0.3 is 5.97 Å². The lowest BCUT2D eigenvalue weighted by molar-refractivity contribution is 0.0696. The van der Waals surface area contributed by atoms with Gasteiger partial charge in [0.15, 0.2) is 0 Å². The maximum Gasteiger partial charge on any atom is 0.365 e. The van der Waals surface area contributed by atoms with Crippen molar-refractivity contribution in [3.8, 4) is 0 Å². The molecule has 0 aliphatic rings. The SMILES string of the molecule is CN(Cc1csc(C(=O)O)n1)c1ccccc1F. The predicted octanol–water partition coefficient (Wildman–Crippen LogP) is 2.62. The minimum atomic E-state index is -1.04. The van der Waals surface area contributed by atoms with Gasteiger partial charge in [-0.05, 0) is 12.1 Å². The van der Waals surface area contributed by atoms with Crippen LogP contribution in [0, 0.1) is 5.82 Å². The third-order valence-corrected chi connectivity index (χ3v) is 3.28. The van der Waals surface area contributed by atoms with E-state index in [1.807, 2.05) is 0 Å². The molecule has 2 rings (SSSR count). The summed E-state index contributed by atoms with van der Waals surface area (Å²) in [4.78, 5) is 16.3. The van der Waals surface area contributed by atoms with Gasteiger partial charge in [0.25, 0.3) is 0 Å². The molecule has 1 N–H and O–H groups in total. The molecule has 0 spiro atoms. The van der Waals surface area contributed by atoms with E-state index < -0.39 is 5.97 Å². The fourth-order valence-corrected chi connectivity index (χ4v) is 2.21. The highest BCUT2D eigenvalue weighted by atomic mass is 32.1. The second kappa shape index (κ2) is 5.14. The van der Waals surface area contributed by atoms with Crippen molar-refractivity contribution in [2.75, 3.05) is 11.9 Å². The van der Waals surface area contributed by atoms with Crippen LogP contribution in [0.5, 0.6) is 0 Å². The second-order valence-electron chi connectivity index (χ2n) is 3.76. The number of hydrogen-bond acceptors (Lipinski definition) is 4. The van der Waals surface area contributed by atoms with E-state index in [4.69, 9.17) is 5.11 Å². The molecule has 0 aliphatic carbocycles. The molecule has 0 fully saturated rings. The topological polar surface area (TPSA) is 53.4 Å². The van der Waals surface area contributed by atoms with Crippen LogP contribution in [-0.4, -0.2) is 23.1 Å². The van der Waals surface area contributed by atoms with Gasteiger partial charge in [0.1, 0.15) is 5.82 Å². The Hall–Kier alpha value is -1.95. The van der Waals surface area contributed by atoms with Crippen molar-refractivity contribution in [1.29, 1.82) is 0 Å². The van der Waals surface area contributed by atoms with Crippen LogP contribution in [-0.2, 0) is 6.54 Å². The highest BCUT2D eigenvalue weighted by Gasteiger charge is 2.12. The molecule has 0 atom stereocenters. The van der Waals surface area contributed by atoms with Crippen molar-refractivity contribution in [3.05, 3.63) is 46.2 Å². The van der Waals surface area contributed by atoms with Gasteiger partial charge in [0.05, 0.1) is 17.9 Å². The molecule has 0 amide bonds. The lowest BCUT2D eigenvalue weighted by atomic mass is 10.3. The molecule has 1 heterocycles. The largest absolute Gasteiger partial charge is 0.476 e. The van der Waals surface area contributed by atoms with Crippen molar-refractivity contribution in [1.82, 2.24) is 4.98 Å². The Labute approximate surface area is 107 Å². The number of thiazole rings is 1. The van der Waals surface area contributed by atoms with Crippen molar-refractivity contribution < 1.29 is 14.3 Å². The van der Waals surface area contributed by atoms with Crippen LogP contribution >= 0.6 is 11.3 Å². The number of carboxylic acids is 1. The van der Waals surface area contributed by atoms with E-state index in [1.165, 1.54) is 6.07 Å². The average molecular weight is 266 g/mol. The van der Waals surface area contributed by atoms with E-state index in [1.54, 1.807) is 35.5 Å².